The van der Waals surface area contributed by atoms with Crippen molar-refractivity contribution in [3.05, 3.63) is 42.2 Å². The number of anilines is 1. The number of nitriles is 1. The van der Waals surface area contributed by atoms with E-state index in [1.165, 1.54) is 36.4 Å². The van der Waals surface area contributed by atoms with Crippen LogP contribution < -0.4 is 5.73 Å². The molecule has 0 aromatic carbocycles. The largest absolute Gasteiger partial charge is 0.475 e. The van der Waals surface area contributed by atoms with Gasteiger partial charge in [0.2, 0.25) is 0 Å². The van der Waals surface area contributed by atoms with Crippen molar-refractivity contribution in [2.45, 2.75) is 43.5 Å². The van der Waals surface area contributed by atoms with E-state index in [1.807, 2.05) is 6.07 Å². The number of phosphoric ester groups is 1. The fourth-order valence-corrected chi connectivity index (χ4v) is 5.45. The first-order valence-electron chi connectivity index (χ1n) is 10.6. The van der Waals surface area contributed by atoms with E-state index >= 15 is 0 Å². The van der Waals surface area contributed by atoms with Crippen LogP contribution in [-0.4, -0.2) is 65.7 Å². The highest BCUT2D eigenvalue weighted by molar-refractivity contribution is 7.48. The van der Waals surface area contributed by atoms with Gasteiger partial charge >= 0.3 is 7.82 Å². The smallest absolute Gasteiger partial charge is 0.387 e. The van der Waals surface area contributed by atoms with Crippen LogP contribution in [0.15, 0.2) is 31.0 Å². The standard InChI is InChI=1S/C20H22N7O7P/c1-20(29)16(28)14(33-19(20)27-10-26-15-17(22)24-9-25-18(15)27)8-32-35(30)31-5-4-13(34-35)11-2-3-12(6-21)23-7-11/h2-3,7,9-10,13-14,16,19,28-29H,4-5,8H2,1H3,(H2,22,24,25)/t13-,14+,16+,19+,20+,35+/m0/s1. The van der Waals surface area contributed by atoms with E-state index in [0.29, 0.717) is 23.1 Å². The van der Waals surface area contributed by atoms with Gasteiger partial charge in [-0.15, -0.1) is 0 Å². The average Bonchev–Trinajstić information content (AvgIpc) is 3.37. The second-order valence-corrected chi connectivity index (χ2v) is 9.95. The second kappa shape index (κ2) is 8.89. The van der Waals surface area contributed by atoms with Crippen LogP contribution in [0.2, 0.25) is 0 Å². The van der Waals surface area contributed by atoms with Crippen molar-refractivity contribution >= 4 is 24.8 Å². The van der Waals surface area contributed by atoms with Gasteiger partial charge in [-0.05, 0) is 18.6 Å². The van der Waals surface area contributed by atoms with E-state index < -0.39 is 44.6 Å². The number of imidazole rings is 1. The monoisotopic (exact) mass is 503 g/mol. The van der Waals surface area contributed by atoms with Gasteiger partial charge in [0, 0.05) is 12.6 Å². The highest BCUT2D eigenvalue weighted by atomic mass is 31.2. The molecule has 3 aromatic heterocycles. The Morgan fingerprint density at radius 3 is 2.94 bits per heavy atom. The highest BCUT2D eigenvalue weighted by Crippen LogP contribution is 2.57. The number of fused-ring (bicyclic) bond motifs is 1. The number of nitrogens with zero attached hydrogens (tertiary/aromatic N) is 6. The van der Waals surface area contributed by atoms with E-state index in [2.05, 4.69) is 19.9 Å². The summed E-state index contributed by atoms with van der Waals surface area (Å²) in [6.45, 7) is 1.09. The molecule has 0 amide bonds. The molecule has 0 saturated carbocycles. The summed E-state index contributed by atoms with van der Waals surface area (Å²) >= 11 is 0. The number of nitrogens with two attached hydrogens (primary N) is 1. The van der Waals surface area contributed by atoms with Crippen LogP contribution in [0.1, 0.15) is 36.9 Å². The third-order valence-electron chi connectivity index (χ3n) is 5.95. The van der Waals surface area contributed by atoms with Gasteiger partial charge in [-0.3, -0.25) is 18.1 Å². The first-order chi connectivity index (χ1) is 16.7. The molecule has 184 valence electrons. The third-order valence-corrected chi connectivity index (χ3v) is 7.43. The van der Waals surface area contributed by atoms with E-state index in [0.717, 1.165) is 0 Å². The first kappa shape index (κ1) is 23.7. The lowest BCUT2D eigenvalue weighted by atomic mass is 9.96. The molecule has 5 rings (SSSR count). The molecule has 15 heteroatoms. The second-order valence-electron chi connectivity index (χ2n) is 8.33. The maximum absolute atomic E-state index is 13.1. The van der Waals surface area contributed by atoms with Crippen molar-refractivity contribution in [3.8, 4) is 6.07 Å². The zero-order valence-electron chi connectivity index (χ0n) is 18.5. The summed E-state index contributed by atoms with van der Waals surface area (Å²) in [6, 6.07) is 5.12. The van der Waals surface area contributed by atoms with Gasteiger partial charge in [-0.2, -0.15) is 5.26 Å². The van der Waals surface area contributed by atoms with Crippen molar-refractivity contribution in [2.75, 3.05) is 18.9 Å². The Balaban J connectivity index is 1.29. The van der Waals surface area contributed by atoms with E-state index in [1.54, 1.807) is 6.07 Å². The van der Waals surface area contributed by atoms with Crippen LogP contribution in [0.4, 0.5) is 5.82 Å². The van der Waals surface area contributed by atoms with Crippen LogP contribution >= 0.6 is 7.82 Å². The normalized spacial score (nSPS) is 33.1. The molecule has 2 fully saturated rings. The Labute approximate surface area is 198 Å². The number of pyridine rings is 1. The summed E-state index contributed by atoms with van der Waals surface area (Å²) in [4.78, 5) is 16.2. The minimum atomic E-state index is -4.02. The highest BCUT2D eigenvalue weighted by Gasteiger charge is 2.54. The number of aliphatic hydroxyl groups is 2. The molecule has 2 aliphatic heterocycles. The Hall–Kier alpha value is -3.02. The average molecular weight is 503 g/mol. The molecule has 0 radical (unpaired) electrons. The van der Waals surface area contributed by atoms with Crippen LogP contribution in [0.5, 0.6) is 0 Å². The van der Waals surface area contributed by atoms with Gasteiger partial charge in [-0.25, -0.2) is 24.5 Å². The lowest BCUT2D eigenvalue weighted by Crippen LogP contribution is -2.44. The van der Waals surface area contributed by atoms with Gasteiger partial charge in [0.05, 0.1) is 25.6 Å². The van der Waals surface area contributed by atoms with Gasteiger partial charge in [0.15, 0.2) is 17.7 Å². The zero-order valence-corrected chi connectivity index (χ0v) is 19.4. The molecule has 14 nitrogen and oxygen atoms in total. The molecule has 0 spiro atoms. The van der Waals surface area contributed by atoms with E-state index in [4.69, 9.17) is 29.3 Å². The summed E-state index contributed by atoms with van der Waals surface area (Å²) < 4.78 is 36.7. The van der Waals surface area contributed by atoms with Gasteiger partial charge in [0.25, 0.3) is 0 Å². The molecular weight excluding hydrogens is 481 g/mol. The maximum Gasteiger partial charge on any atom is 0.475 e. The van der Waals surface area contributed by atoms with Crippen LogP contribution in [0.3, 0.4) is 0 Å². The van der Waals surface area contributed by atoms with Crippen LogP contribution in [0.25, 0.3) is 11.2 Å². The van der Waals surface area contributed by atoms with Crippen molar-refractivity contribution in [2.24, 2.45) is 0 Å². The van der Waals surface area contributed by atoms with Crippen LogP contribution in [0, 0.1) is 11.3 Å². The number of hydrogen-bond acceptors (Lipinski definition) is 13. The minimum absolute atomic E-state index is 0.0958. The number of ether oxygens (including phenoxy) is 1. The first-order valence-corrected chi connectivity index (χ1v) is 12.1. The van der Waals surface area contributed by atoms with E-state index in [9.17, 15) is 14.8 Å². The summed E-state index contributed by atoms with van der Waals surface area (Å²) in [5, 5.41) is 30.7. The molecule has 0 aliphatic carbocycles. The van der Waals surface area contributed by atoms with Gasteiger partial charge in [0.1, 0.15) is 41.4 Å². The zero-order chi connectivity index (χ0) is 24.8. The predicted octanol–water partition coefficient (Wildman–Crippen LogP) is 0.987. The number of aliphatic hydroxyl groups excluding tert-OH is 1. The lowest BCUT2D eigenvalue weighted by molar-refractivity contribution is -0.0953. The topological polar surface area (TPSA) is 201 Å². The predicted molar refractivity (Wildman–Crippen MR) is 117 cm³/mol. The number of hydrogen-bond donors (Lipinski definition) is 3. The molecule has 2 aliphatic rings. The fraction of sp³-hybridized carbons (Fsp3) is 0.450. The van der Waals surface area contributed by atoms with Gasteiger partial charge < -0.3 is 20.7 Å². The Bertz CT molecular complexity index is 1330. The maximum atomic E-state index is 13.1. The Kier molecular flexibility index (Phi) is 6.02. The molecule has 0 unspecified atom stereocenters. The van der Waals surface area contributed by atoms with Crippen LogP contribution in [-0.2, 0) is 22.9 Å². The number of phosphoric acid groups is 1. The summed E-state index contributed by atoms with van der Waals surface area (Å²) in [6.07, 6.45) is 0.269. The lowest BCUT2D eigenvalue weighted by Gasteiger charge is -2.30. The van der Waals surface area contributed by atoms with Crippen molar-refractivity contribution < 1.29 is 33.1 Å². The molecule has 2 saturated heterocycles. The fourth-order valence-electron chi connectivity index (χ4n) is 4.05. The molecule has 0 bridgehead atoms. The summed E-state index contributed by atoms with van der Waals surface area (Å²) in [5.41, 5.74) is 5.53. The Morgan fingerprint density at radius 2 is 2.20 bits per heavy atom. The third kappa shape index (κ3) is 4.28. The SMILES string of the molecule is C[C@@]1(O)[C@H](O)[C@@H](CO[P@@]2(=O)OCC[C@@H](c3ccc(C#N)nc3)O2)O[C@H]1n1cnc2c(N)ncnc21. The number of aromatic nitrogens is 5. The minimum Gasteiger partial charge on any atom is -0.387 e. The van der Waals surface area contributed by atoms with Crippen molar-refractivity contribution in [1.82, 2.24) is 24.5 Å². The van der Waals surface area contributed by atoms with E-state index in [-0.39, 0.29) is 18.1 Å². The van der Waals surface area contributed by atoms with Crippen molar-refractivity contribution in [1.29, 1.82) is 5.26 Å². The molecular formula is C20H22N7O7P. The Morgan fingerprint density at radius 1 is 1.37 bits per heavy atom. The summed E-state index contributed by atoms with van der Waals surface area (Å²) in [5.74, 6) is 0.156. The number of nitrogen functional groups attached to an aromatic ring is 1. The summed E-state index contributed by atoms with van der Waals surface area (Å²) in [7, 11) is -4.02. The van der Waals surface area contributed by atoms with Gasteiger partial charge in [-0.1, -0.05) is 6.07 Å². The molecule has 4 N–H and O–H groups in total. The molecule has 5 heterocycles. The number of rotatable bonds is 5. The quantitative estimate of drug-likeness (QED) is 0.416. The van der Waals surface area contributed by atoms with Crippen molar-refractivity contribution in [3.63, 3.8) is 0 Å². The molecule has 3 aromatic rings. The molecule has 35 heavy (non-hydrogen) atoms. The molecule has 6 atom stereocenters.